The molecule has 1 nitrogen and oxygen atoms in total. The smallest absolute Gasteiger partial charge is 0.0388 e. The molecule has 0 aliphatic heterocycles. The zero-order valence-electron chi connectivity index (χ0n) is 9.42. The van der Waals surface area contributed by atoms with Gasteiger partial charge in [-0.25, -0.2) is 0 Å². The van der Waals surface area contributed by atoms with Crippen molar-refractivity contribution in [3.05, 3.63) is 20.8 Å². The maximum absolute atomic E-state index is 3.67. The Hall–Kier alpha value is 0.490. The highest BCUT2D eigenvalue weighted by molar-refractivity contribution is 9.10. The fourth-order valence-electron chi connectivity index (χ4n) is 1.48. The molecule has 1 aromatic rings. The van der Waals surface area contributed by atoms with Crippen LogP contribution in [0.3, 0.4) is 0 Å². The van der Waals surface area contributed by atoms with Crippen molar-refractivity contribution in [1.82, 2.24) is 5.32 Å². The highest BCUT2D eigenvalue weighted by Gasteiger charge is 2.12. The Balaban J connectivity index is 2.50. The van der Waals surface area contributed by atoms with Gasteiger partial charge in [0, 0.05) is 32.6 Å². The highest BCUT2D eigenvalue weighted by Crippen LogP contribution is 2.25. The zero-order chi connectivity index (χ0) is 11.3. The molecule has 1 N–H and O–H groups in total. The molecule has 86 valence electrons. The van der Waals surface area contributed by atoms with E-state index in [9.17, 15) is 0 Å². The molecule has 0 bridgehead atoms. The molecule has 0 spiro atoms. The van der Waals surface area contributed by atoms with E-state index < -0.39 is 0 Å². The van der Waals surface area contributed by atoms with Crippen molar-refractivity contribution < 1.29 is 0 Å². The topological polar surface area (TPSA) is 12.0 Å². The van der Waals surface area contributed by atoms with Gasteiger partial charge in [-0.3, -0.25) is 0 Å². The summed E-state index contributed by atoms with van der Waals surface area (Å²) in [6.07, 6.45) is 3.36. The van der Waals surface area contributed by atoms with Gasteiger partial charge in [-0.15, -0.1) is 11.3 Å². The SMILES string of the molecule is CCC(CSC)NC(C)c1cc(Br)cs1. The van der Waals surface area contributed by atoms with Crippen LogP contribution >= 0.6 is 39.0 Å². The molecule has 0 aromatic carbocycles. The Bertz CT molecular complexity index is 288. The van der Waals surface area contributed by atoms with Crippen molar-refractivity contribution in [2.75, 3.05) is 12.0 Å². The van der Waals surface area contributed by atoms with Crippen LogP contribution in [0.25, 0.3) is 0 Å². The number of nitrogens with one attached hydrogen (secondary N) is 1. The summed E-state index contributed by atoms with van der Waals surface area (Å²) in [6.45, 7) is 4.48. The lowest BCUT2D eigenvalue weighted by molar-refractivity contribution is 0.479. The van der Waals surface area contributed by atoms with Gasteiger partial charge in [0.1, 0.15) is 0 Å². The molecule has 1 heterocycles. The Morgan fingerprint density at radius 2 is 2.33 bits per heavy atom. The first kappa shape index (κ1) is 13.6. The van der Waals surface area contributed by atoms with E-state index in [4.69, 9.17) is 0 Å². The number of rotatable bonds is 6. The Morgan fingerprint density at radius 3 is 2.80 bits per heavy atom. The largest absolute Gasteiger partial charge is 0.306 e. The van der Waals surface area contributed by atoms with E-state index >= 15 is 0 Å². The van der Waals surface area contributed by atoms with E-state index in [0.29, 0.717) is 12.1 Å². The molecule has 1 rings (SSSR count). The fourth-order valence-corrected chi connectivity index (χ4v) is 3.67. The van der Waals surface area contributed by atoms with Crippen molar-refractivity contribution in [1.29, 1.82) is 0 Å². The summed E-state index contributed by atoms with van der Waals surface area (Å²) in [5.74, 6) is 1.19. The third kappa shape index (κ3) is 4.47. The lowest BCUT2D eigenvalue weighted by atomic mass is 10.2. The van der Waals surface area contributed by atoms with Crippen molar-refractivity contribution in [3.8, 4) is 0 Å². The molecule has 1 aromatic heterocycles. The molecule has 0 radical (unpaired) electrons. The molecule has 0 amide bonds. The maximum atomic E-state index is 3.67. The van der Waals surface area contributed by atoms with Crippen molar-refractivity contribution >= 4 is 39.0 Å². The summed E-state index contributed by atoms with van der Waals surface area (Å²) in [6, 6.07) is 3.28. The molecular formula is C11H18BrNS2. The summed E-state index contributed by atoms with van der Waals surface area (Å²) in [5, 5.41) is 5.81. The first-order valence-corrected chi connectivity index (χ1v) is 8.23. The predicted octanol–water partition coefficient (Wildman–Crippen LogP) is 4.30. The van der Waals surface area contributed by atoms with Crippen LogP contribution in [0.15, 0.2) is 15.9 Å². The van der Waals surface area contributed by atoms with Crippen LogP contribution in [0.4, 0.5) is 0 Å². The predicted molar refractivity (Wildman–Crippen MR) is 76.0 cm³/mol. The Morgan fingerprint density at radius 1 is 1.60 bits per heavy atom. The van der Waals surface area contributed by atoms with Gasteiger partial charge >= 0.3 is 0 Å². The van der Waals surface area contributed by atoms with Crippen LogP contribution < -0.4 is 5.32 Å². The van der Waals surface area contributed by atoms with Gasteiger partial charge < -0.3 is 5.32 Å². The minimum absolute atomic E-state index is 0.457. The van der Waals surface area contributed by atoms with E-state index in [-0.39, 0.29) is 0 Å². The quantitative estimate of drug-likeness (QED) is 0.841. The van der Waals surface area contributed by atoms with E-state index in [1.54, 1.807) is 0 Å². The normalized spacial score (nSPS) is 15.2. The van der Waals surface area contributed by atoms with Crippen molar-refractivity contribution in [2.24, 2.45) is 0 Å². The fraction of sp³-hybridized carbons (Fsp3) is 0.636. The van der Waals surface area contributed by atoms with Gasteiger partial charge in [-0.1, -0.05) is 6.92 Å². The average molecular weight is 308 g/mol. The maximum Gasteiger partial charge on any atom is 0.0388 e. The Labute approximate surface area is 109 Å². The molecule has 0 aliphatic carbocycles. The van der Waals surface area contributed by atoms with Gasteiger partial charge in [0.05, 0.1) is 0 Å². The number of thiophene rings is 1. The van der Waals surface area contributed by atoms with Gasteiger partial charge in [0.15, 0.2) is 0 Å². The summed E-state index contributed by atoms with van der Waals surface area (Å²) in [5.41, 5.74) is 0. The second-order valence-corrected chi connectivity index (χ2v) is 6.39. The van der Waals surface area contributed by atoms with Crippen LogP contribution in [-0.2, 0) is 0 Å². The number of hydrogen-bond donors (Lipinski definition) is 1. The third-order valence-corrected chi connectivity index (χ3v) is 4.97. The monoisotopic (exact) mass is 307 g/mol. The first-order chi connectivity index (χ1) is 7.17. The third-order valence-electron chi connectivity index (χ3n) is 2.36. The van der Waals surface area contributed by atoms with Gasteiger partial charge in [-0.05, 0) is 41.6 Å². The summed E-state index contributed by atoms with van der Waals surface area (Å²) < 4.78 is 1.19. The van der Waals surface area contributed by atoms with Crippen LogP contribution in [-0.4, -0.2) is 18.1 Å². The molecule has 2 atom stereocenters. The molecule has 4 heteroatoms. The number of hydrogen-bond acceptors (Lipinski definition) is 3. The van der Waals surface area contributed by atoms with E-state index in [1.807, 2.05) is 23.1 Å². The summed E-state index contributed by atoms with van der Waals surface area (Å²) in [4.78, 5) is 1.40. The molecule has 15 heavy (non-hydrogen) atoms. The van der Waals surface area contributed by atoms with Crippen LogP contribution in [0.1, 0.15) is 31.2 Å². The minimum atomic E-state index is 0.457. The van der Waals surface area contributed by atoms with Gasteiger partial charge in [0.25, 0.3) is 0 Å². The standard InChI is InChI=1S/C11H18BrNS2/c1-4-10(7-14-3)13-8(2)11-5-9(12)6-15-11/h5-6,8,10,13H,4,7H2,1-3H3. The molecule has 0 aliphatic rings. The second kappa shape index (κ2) is 6.94. The highest BCUT2D eigenvalue weighted by atomic mass is 79.9. The molecule has 0 saturated heterocycles. The number of halogens is 1. The first-order valence-electron chi connectivity index (χ1n) is 5.16. The molecular weight excluding hydrogens is 290 g/mol. The Kier molecular flexibility index (Phi) is 6.27. The van der Waals surface area contributed by atoms with Crippen LogP contribution in [0.5, 0.6) is 0 Å². The summed E-state index contributed by atoms with van der Waals surface area (Å²) >= 11 is 7.21. The van der Waals surface area contributed by atoms with Crippen molar-refractivity contribution in [2.45, 2.75) is 32.4 Å². The average Bonchev–Trinajstić information content (AvgIpc) is 2.64. The second-order valence-electron chi connectivity index (χ2n) is 3.62. The van der Waals surface area contributed by atoms with E-state index in [0.717, 1.165) is 0 Å². The van der Waals surface area contributed by atoms with E-state index in [2.05, 4.69) is 52.8 Å². The zero-order valence-corrected chi connectivity index (χ0v) is 12.6. The van der Waals surface area contributed by atoms with Crippen LogP contribution in [0.2, 0.25) is 0 Å². The van der Waals surface area contributed by atoms with E-state index in [1.165, 1.54) is 21.5 Å². The lowest BCUT2D eigenvalue weighted by Gasteiger charge is -2.20. The van der Waals surface area contributed by atoms with Gasteiger partial charge in [0.2, 0.25) is 0 Å². The molecule has 0 fully saturated rings. The van der Waals surface area contributed by atoms with Crippen molar-refractivity contribution in [3.63, 3.8) is 0 Å². The van der Waals surface area contributed by atoms with Gasteiger partial charge in [-0.2, -0.15) is 11.8 Å². The molecule has 2 unspecified atom stereocenters. The molecule has 0 saturated carbocycles. The van der Waals surface area contributed by atoms with Crippen LogP contribution in [0, 0.1) is 0 Å². The number of thioether (sulfide) groups is 1. The minimum Gasteiger partial charge on any atom is -0.306 e. The lowest BCUT2D eigenvalue weighted by Crippen LogP contribution is -2.32. The summed E-state index contributed by atoms with van der Waals surface area (Å²) in [7, 11) is 0.